The van der Waals surface area contributed by atoms with Gasteiger partial charge >= 0.3 is 0 Å². The fraction of sp³-hybridized carbons (Fsp3) is 0.316. The van der Waals surface area contributed by atoms with Crippen molar-refractivity contribution in [1.29, 1.82) is 0 Å². The van der Waals surface area contributed by atoms with Gasteiger partial charge in [0.2, 0.25) is 5.91 Å². The highest BCUT2D eigenvalue weighted by atomic mass is 16.2. The predicted octanol–water partition coefficient (Wildman–Crippen LogP) is 1.27. The van der Waals surface area contributed by atoms with Crippen LogP contribution in [0.25, 0.3) is 11.0 Å². The average molecular weight is 364 g/mol. The van der Waals surface area contributed by atoms with E-state index in [9.17, 15) is 9.59 Å². The zero-order valence-electron chi connectivity index (χ0n) is 14.8. The number of imidazole rings is 1. The van der Waals surface area contributed by atoms with Crippen LogP contribution in [-0.2, 0) is 11.2 Å². The van der Waals surface area contributed by atoms with Crippen LogP contribution >= 0.6 is 0 Å². The lowest BCUT2D eigenvalue weighted by molar-refractivity contribution is -0.130. The maximum Gasteiger partial charge on any atom is 0.274 e. The van der Waals surface area contributed by atoms with E-state index in [1.165, 1.54) is 12.4 Å². The molecule has 1 aliphatic rings. The van der Waals surface area contributed by atoms with E-state index in [-0.39, 0.29) is 11.8 Å². The molecule has 4 rings (SSSR count). The van der Waals surface area contributed by atoms with E-state index >= 15 is 0 Å². The summed E-state index contributed by atoms with van der Waals surface area (Å²) in [5.41, 5.74) is 3.11. The molecular weight excluding hydrogens is 344 g/mol. The number of H-pyrrole nitrogens is 1. The Labute approximate surface area is 156 Å². The molecule has 2 amide bonds. The van der Waals surface area contributed by atoms with E-state index in [0.717, 1.165) is 23.0 Å². The number of rotatable bonds is 3. The summed E-state index contributed by atoms with van der Waals surface area (Å²) < 4.78 is 0. The van der Waals surface area contributed by atoms with Crippen LogP contribution in [0.15, 0.2) is 43.1 Å². The van der Waals surface area contributed by atoms with Gasteiger partial charge in [0.15, 0.2) is 0 Å². The van der Waals surface area contributed by atoms with Gasteiger partial charge in [-0.1, -0.05) is 6.07 Å². The first-order chi connectivity index (χ1) is 13.2. The Hall–Kier alpha value is -3.29. The first-order valence-electron chi connectivity index (χ1n) is 8.96. The van der Waals surface area contributed by atoms with E-state index in [1.54, 1.807) is 17.4 Å². The molecule has 0 spiro atoms. The first-order valence-corrected chi connectivity index (χ1v) is 8.96. The molecule has 1 N–H and O–H groups in total. The molecule has 138 valence electrons. The van der Waals surface area contributed by atoms with Gasteiger partial charge in [0.05, 0.1) is 30.0 Å². The number of aromatic amines is 1. The summed E-state index contributed by atoms with van der Waals surface area (Å²) in [6.07, 6.45) is 7.26. The maximum absolute atomic E-state index is 12.7. The van der Waals surface area contributed by atoms with Gasteiger partial charge in [-0.05, 0) is 24.1 Å². The molecule has 8 nitrogen and oxygen atoms in total. The summed E-state index contributed by atoms with van der Waals surface area (Å²) in [6.45, 7) is 2.28. The van der Waals surface area contributed by atoms with Crippen molar-refractivity contribution >= 4 is 22.8 Å². The summed E-state index contributed by atoms with van der Waals surface area (Å²) in [5.74, 6) is -0.0650. The molecule has 0 radical (unpaired) electrons. The molecule has 0 aliphatic carbocycles. The standard InChI is InChI=1S/C19H20N6O2/c26-18(11-14-2-3-15-16(10-14)23-13-22-15)24-6-1-7-25(9-8-24)19(27)17-12-20-4-5-21-17/h2-5,10,12-13H,1,6-9,11H2,(H,22,23). The summed E-state index contributed by atoms with van der Waals surface area (Å²) in [5, 5.41) is 0. The van der Waals surface area contributed by atoms with Crippen molar-refractivity contribution in [3.8, 4) is 0 Å². The van der Waals surface area contributed by atoms with E-state index in [0.29, 0.717) is 38.3 Å². The number of carbonyl (C=O) groups excluding carboxylic acids is 2. The average Bonchev–Trinajstić information content (AvgIpc) is 3.02. The lowest BCUT2D eigenvalue weighted by atomic mass is 10.1. The highest BCUT2D eigenvalue weighted by Gasteiger charge is 2.23. The van der Waals surface area contributed by atoms with Crippen molar-refractivity contribution in [2.75, 3.05) is 26.2 Å². The summed E-state index contributed by atoms with van der Waals surface area (Å²) >= 11 is 0. The second-order valence-electron chi connectivity index (χ2n) is 6.55. The van der Waals surface area contributed by atoms with E-state index in [2.05, 4.69) is 19.9 Å². The molecule has 0 atom stereocenters. The van der Waals surface area contributed by atoms with Gasteiger partial charge in [0, 0.05) is 38.6 Å². The molecule has 0 unspecified atom stereocenters. The van der Waals surface area contributed by atoms with Crippen LogP contribution < -0.4 is 0 Å². The Kier molecular flexibility index (Phi) is 4.78. The molecule has 1 saturated heterocycles. The molecule has 1 aliphatic heterocycles. The fourth-order valence-corrected chi connectivity index (χ4v) is 3.32. The van der Waals surface area contributed by atoms with E-state index < -0.39 is 0 Å². The van der Waals surface area contributed by atoms with Crippen molar-refractivity contribution < 1.29 is 9.59 Å². The second-order valence-corrected chi connectivity index (χ2v) is 6.55. The Morgan fingerprint density at radius 1 is 1.04 bits per heavy atom. The van der Waals surface area contributed by atoms with Crippen LogP contribution in [0.5, 0.6) is 0 Å². The predicted molar refractivity (Wildman–Crippen MR) is 98.9 cm³/mol. The van der Waals surface area contributed by atoms with Crippen LogP contribution in [0.4, 0.5) is 0 Å². The van der Waals surface area contributed by atoms with Crippen LogP contribution in [-0.4, -0.2) is 67.7 Å². The molecule has 0 saturated carbocycles. The summed E-state index contributed by atoms with van der Waals surface area (Å²) in [6, 6.07) is 5.81. The second kappa shape index (κ2) is 7.53. The molecule has 8 heteroatoms. The molecule has 3 aromatic rings. The highest BCUT2D eigenvalue weighted by molar-refractivity contribution is 5.92. The van der Waals surface area contributed by atoms with Crippen molar-refractivity contribution in [2.24, 2.45) is 0 Å². The number of nitrogens with one attached hydrogen (secondary N) is 1. The van der Waals surface area contributed by atoms with Crippen molar-refractivity contribution in [1.82, 2.24) is 29.7 Å². The molecular formula is C19H20N6O2. The number of hydrogen-bond donors (Lipinski definition) is 1. The zero-order valence-corrected chi connectivity index (χ0v) is 14.8. The Balaban J connectivity index is 1.38. The Bertz CT molecular complexity index is 955. The largest absolute Gasteiger partial charge is 0.345 e. The number of carbonyl (C=O) groups is 2. The lowest BCUT2D eigenvalue weighted by Gasteiger charge is -2.22. The number of hydrogen-bond acceptors (Lipinski definition) is 5. The SMILES string of the molecule is O=C(Cc1ccc2nc[nH]c2c1)N1CCCN(C(=O)c2cnccn2)CC1. The van der Waals surface area contributed by atoms with Gasteiger partial charge in [-0.25, -0.2) is 9.97 Å². The van der Waals surface area contributed by atoms with Crippen LogP contribution in [0.3, 0.4) is 0 Å². The molecule has 0 bridgehead atoms. The molecule has 3 heterocycles. The summed E-state index contributed by atoms with van der Waals surface area (Å²) in [7, 11) is 0. The normalized spacial score (nSPS) is 15.0. The number of fused-ring (bicyclic) bond motifs is 1. The number of benzene rings is 1. The van der Waals surface area contributed by atoms with Gasteiger partial charge in [-0.3, -0.25) is 14.6 Å². The minimum absolute atomic E-state index is 0.0719. The van der Waals surface area contributed by atoms with Gasteiger partial charge in [-0.2, -0.15) is 0 Å². The number of aromatic nitrogens is 4. The van der Waals surface area contributed by atoms with E-state index in [4.69, 9.17) is 0 Å². The van der Waals surface area contributed by atoms with Gasteiger partial charge < -0.3 is 14.8 Å². The van der Waals surface area contributed by atoms with Crippen molar-refractivity contribution in [3.05, 3.63) is 54.4 Å². The zero-order chi connectivity index (χ0) is 18.6. The van der Waals surface area contributed by atoms with Gasteiger partial charge in [0.25, 0.3) is 5.91 Å². The lowest BCUT2D eigenvalue weighted by Crippen LogP contribution is -2.38. The number of nitrogens with zero attached hydrogens (tertiary/aromatic N) is 5. The van der Waals surface area contributed by atoms with E-state index in [1.807, 2.05) is 23.1 Å². The minimum Gasteiger partial charge on any atom is -0.345 e. The molecule has 2 aromatic heterocycles. The smallest absolute Gasteiger partial charge is 0.274 e. The van der Waals surface area contributed by atoms with Crippen LogP contribution in [0, 0.1) is 0 Å². The quantitative estimate of drug-likeness (QED) is 0.755. The van der Waals surface area contributed by atoms with Crippen molar-refractivity contribution in [3.63, 3.8) is 0 Å². The minimum atomic E-state index is -0.137. The monoisotopic (exact) mass is 364 g/mol. The third kappa shape index (κ3) is 3.79. The maximum atomic E-state index is 12.7. The Morgan fingerprint density at radius 3 is 2.74 bits per heavy atom. The Morgan fingerprint density at radius 2 is 1.89 bits per heavy atom. The fourth-order valence-electron chi connectivity index (χ4n) is 3.32. The molecule has 1 aromatic carbocycles. The third-order valence-corrected chi connectivity index (χ3v) is 4.76. The number of amides is 2. The first kappa shape index (κ1) is 17.1. The molecule has 27 heavy (non-hydrogen) atoms. The van der Waals surface area contributed by atoms with Gasteiger partial charge in [-0.15, -0.1) is 0 Å². The van der Waals surface area contributed by atoms with Crippen molar-refractivity contribution in [2.45, 2.75) is 12.8 Å². The topological polar surface area (TPSA) is 95.1 Å². The highest BCUT2D eigenvalue weighted by Crippen LogP contribution is 2.14. The van der Waals surface area contributed by atoms with Crippen LogP contribution in [0.2, 0.25) is 0 Å². The summed E-state index contributed by atoms with van der Waals surface area (Å²) in [4.78, 5) is 44.1. The third-order valence-electron chi connectivity index (χ3n) is 4.76. The molecule has 1 fully saturated rings. The van der Waals surface area contributed by atoms with Gasteiger partial charge in [0.1, 0.15) is 5.69 Å². The van der Waals surface area contributed by atoms with Crippen LogP contribution in [0.1, 0.15) is 22.5 Å².